The molecule has 0 spiro atoms. The monoisotopic (exact) mass is 221 g/mol. The van der Waals surface area contributed by atoms with E-state index >= 15 is 0 Å². The molecule has 0 aromatic heterocycles. The van der Waals surface area contributed by atoms with Crippen molar-refractivity contribution >= 4 is 5.71 Å². The molecule has 0 bridgehead atoms. The molecular weight excluding hydrogens is 202 g/mol. The van der Waals surface area contributed by atoms with Crippen LogP contribution < -0.4 is 0 Å². The third kappa shape index (κ3) is 3.26. The van der Waals surface area contributed by atoms with Crippen LogP contribution in [0.3, 0.4) is 0 Å². The summed E-state index contributed by atoms with van der Waals surface area (Å²) in [5.74, 6) is 0.185. The second-order valence-corrected chi connectivity index (χ2v) is 4.02. The molecule has 1 aromatic rings. The fourth-order valence-corrected chi connectivity index (χ4v) is 1.67. The zero-order valence-corrected chi connectivity index (χ0v) is 9.90. The number of hydrogen-bond donors (Lipinski definition) is 2. The number of hydrogen-bond acceptors (Lipinski definition) is 3. The van der Waals surface area contributed by atoms with Crippen molar-refractivity contribution in [2.75, 3.05) is 0 Å². The van der Waals surface area contributed by atoms with Crippen molar-refractivity contribution in [2.45, 2.75) is 39.5 Å². The molecule has 0 amide bonds. The Morgan fingerprint density at radius 3 is 2.62 bits per heavy atom. The maximum absolute atomic E-state index is 9.76. The third-order valence-corrected chi connectivity index (χ3v) is 2.60. The molecule has 0 aliphatic rings. The van der Waals surface area contributed by atoms with Gasteiger partial charge in [0.15, 0.2) is 0 Å². The molecular formula is C13H19NO2. The van der Waals surface area contributed by atoms with E-state index < -0.39 is 0 Å². The molecule has 16 heavy (non-hydrogen) atoms. The molecule has 0 saturated carbocycles. The number of oxime groups is 1. The zero-order chi connectivity index (χ0) is 12.0. The third-order valence-electron chi connectivity index (χ3n) is 2.60. The molecule has 0 aliphatic heterocycles. The minimum atomic E-state index is 0.185. The van der Waals surface area contributed by atoms with Crippen molar-refractivity contribution in [3.63, 3.8) is 0 Å². The van der Waals surface area contributed by atoms with Crippen LogP contribution in [0.15, 0.2) is 23.4 Å². The number of unbranched alkanes of at least 4 members (excludes halogenated alkanes) is 2. The predicted molar refractivity (Wildman–Crippen MR) is 65.3 cm³/mol. The minimum absolute atomic E-state index is 0.185. The van der Waals surface area contributed by atoms with E-state index in [0.29, 0.717) is 17.7 Å². The van der Waals surface area contributed by atoms with Gasteiger partial charge in [0.05, 0.1) is 5.71 Å². The summed E-state index contributed by atoms with van der Waals surface area (Å²) in [4.78, 5) is 0. The van der Waals surface area contributed by atoms with Crippen LogP contribution in [0, 0.1) is 6.92 Å². The molecule has 2 N–H and O–H groups in total. The first-order chi connectivity index (χ1) is 7.69. The first kappa shape index (κ1) is 12.6. The maximum atomic E-state index is 9.76. The molecule has 0 fully saturated rings. The average molecular weight is 221 g/mol. The van der Waals surface area contributed by atoms with Crippen LogP contribution in [-0.4, -0.2) is 16.0 Å². The van der Waals surface area contributed by atoms with Gasteiger partial charge in [0.1, 0.15) is 5.75 Å². The largest absolute Gasteiger partial charge is 0.507 e. The molecule has 0 saturated heterocycles. The highest BCUT2D eigenvalue weighted by molar-refractivity contribution is 6.02. The van der Waals surface area contributed by atoms with Gasteiger partial charge >= 0.3 is 0 Å². The van der Waals surface area contributed by atoms with Gasteiger partial charge in [-0.05, 0) is 37.5 Å². The van der Waals surface area contributed by atoms with Crippen LogP contribution in [0.25, 0.3) is 0 Å². The molecule has 0 heterocycles. The van der Waals surface area contributed by atoms with Gasteiger partial charge in [0, 0.05) is 5.56 Å². The topological polar surface area (TPSA) is 52.8 Å². The van der Waals surface area contributed by atoms with Crippen molar-refractivity contribution in [2.24, 2.45) is 5.16 Å². The summed E-state index contributed by atoms with van der Waals surface area (Å²) in [7, 11) is 0. The first-order valence-corrected chi connectivity index (χ1v) is 5.70. The van der Waals surface area contributed by atoms with Gasteiger partial charge in [-0.1, -0.05) is 31.0 Å². The molecule has 0 radical (unpaired) electrons. The highest BCUT2D eigenvalue weighted by atomic mass is 16.4. The first-order valence-electron chi connectivity index (χ1n) is 5.70. The molecule has 1 rings (SSSR count). The molecule has 1 aromatic carbocycles. The lowest BCUT2D eigenvalue weighted by atomic mass is 10.0. The molecule has 88 valence electrons. The van der Waals surface area contributed by atoms with Crippen LogP contribution in [0.1, 0.15) is 43.7 Å². The van der Waals surface area contributed by atoms with Gasteiger partial charge in [-0.2, -0.15) is 0 Å². The smallest absolute Gasteiger partial charge is 0.125 e. The lowest BCUT2D eigenvalue weighted by molar-refractivity contribution is 0.317. The fraction of sp³-hybridized carbons (Fsp3) is 0.462. The van der Waals surface area contributed by atoms with E-state index in [1.165, 1.54) is 0 Å². The Morgan fingerprint density at radius 1 is 1.31 bits per heavy atom. The Hall–Kier alpha value is -1.51. The summed E-state index contributed by atoms with van der Waals surface area (Å²) in [6, 6.07) is 5.38. The highest BCUT2D eigenvalue weighted by Gasteiger charge is 2.09. The van der Waals surface area contributed by atoms with Crippen LogP contribution >= 0.6 is 0 Å². The van der Waals surface area contributed by atoms with Crippen molar-refractivity contribution in [3.8, 4) is 5.75 Å². The molecule has 0 unspecified atom stereocenters. The fourth-order valence-electron chi connectivity index (χ4n) is 1.67. The number of phenols is 1. The summed E-state index contributed by atoms with van der Waals surface area (Å²) >= 11 is 0. The lowest BCUT2D eigenvalue weighted by Gasteiger charge is -2.07. The van der Waals surface area contributed by atoms with Gasteiger partial charge in [-0.3, -0.25) is 0 Å². The highest BCUT2D eigenvalue weighted by Crippen LogP contribution is 2.21. The normalized spacial score (nSPS) is 11.8. The Balaban J connectivity index is 2.80. The molecule has 3 nitrogen and oxygen atoms in total. The average Bonchev–Trinajstić information content (AvgIpc) is 2.26. The van der Waals surface area contributed by atoms with Gasteiger partial charge < -0.3 is 10.3 Å². The Bertz CT molecular complexity index is 372. The van der Waals surface area contributed by atoms with Crippen molar-refractivity contribution in [1.82, 2.24) is 0 Å². The summed E-state index contributed by atoms with van der Waals surface area (Å²) in [6.07, 6.45) is 3.90. The summed E-state index contributed by atoms with van der Waals surface area (Å²) in [5, 5.41) is 22.0. The van der Waals surface area contributed by atoms with E-state index in [0.717, 1.165) is 24.8 Å². The van der Waals surface area contributed by atoms with E-state index in [1.807, 2.05) is 13.0 Å². The van der Waals surface area contributed by atoms with Gasteiger partial charge in [0.25, 0.3) is 0 Å². The van der Waals surface area contributed by atoms with E-state index in [4.69, 9.17) is 5.21 Å². The molecule has 0 atom stereocenters. The standard InChI is InChI=1S/C13H19NO2/c1-3-4-5-6-12(14-16)11-8-7-10(2)9-13(11)15/h7-9,15-16H,3-6H2,1-2H3/b14-12+. The second-order valence-electron chi connectivity index (χ2n) is 4.02. The SMILES string of the molecule is CCCCC/C(=N\O)c1ccc(C)cc1O. The van der Waals surface area contributed by atoms with E-state index in [9.17, 15) is 5.11 Å². The van der Waals surface area contributed by atoms with Gasteiger partial charge in [0.2, 0.25) is 0 Å². The van der Waals surface area contributed by atoms with E-state index in [1.54, 1.807) is 12.1 Å². The Kier molecular flexibility index (Phi) is 4.83. The van der Waals surface area contributed by atoms with Gasteiger partial charge in [-0.15, -0.1) is 0 Å². The number of aromatic hydroxyl groups is 1. The zero-order valence-electron chi connectivity index (χ0n) is 9.90. The predicted octanol–water partition coefficient (Wildman–Crippen LogP) is 3.46. The van der Waals surface area contributed by atoms with E-state index in [2.05, 4.69) is 12.1 Å². The van der Waals surface area contributed by atoms with Crippen LogP contribution in [0.4, 0.5) is 0 Å². The van der Waals surface area contributed by atoms with Crippen molar-refractivity contribution in [1.29, 1.82) is 0 Å². The van der Waals surface area contributed by atoms with Crippen molar-refractivity contribution < 1.29 is 10.3 Å². The number of benzene rings is 1. The number of nitrogens with zero attached hydrogens (tertiary/aromatic N) is 1. The molecule has 0 aliphatic carbocycles. The Labute approximate surface area is 96.4 Å². The maximum Gasteiger partial charge on any atom is 0.125 e. The van der Waals surface area contributed by atoms with Crippen LogP contribution in [-0.2, 0) is 0 Å². The quantitative estimate of drug-likeness (QED) is 0.346. The summed E-state index contributed by atoms with van der Waals surface area (Å²) in [5.41, 5.74) is 2.18. The molecule has 3 heteroatoms. The van der Waals surface area contributed by atoms with E-state index in [-0.39, 0.29) is 5.75 Å². The summed E-state index contributed by atoms with van der Waals surface area (Å²) < 4.78 is 0. The van der Waals surface area contributed by atoms with Crippen LogP contribution in [0.5, 0.6) is 5.75 Å². The number of phenolic OH excluding ortho intramolecular Hbond substituents is 1. The number of aryl methyl sites for hydroxylation is 1. The van der Waals surface area contributed by atoms with Gasteiger partial charge in [-0.25, -0.2) is 0 Å². The Morgan fingerprint density at radius 2 is 2.06 bits per heavy atom. The van der Waals surface area contributed by atoms with Crippen molar-refractivity contribution in [3.05, 3.63) is 29.3 Å². The van der Waals surface area contributed by atoms with Crippen LogP contribution in [0.2, 0.25) is 0 Å². The summed E-state index contributed by atoms with van der Waals surface area (Å²) in [6.45, 7) is 4.04. The lowest BCUT2D eigenvalue weighted by Crippen LogP contribution is -2.01. The second kappa shape index (κ2) is 6.16. The number of rotatable bonds is 5. The minimum Gasteiger partial charge on any atom is -0.507 e.